The quantitative estimate of drug-likeness (QED) is 0.753. The second-order valence-corrected chi connectivity index (χ2v) is 6.95. The van der Waals surface area contributed by atoms with Crippen LogP contribution in [-0.4, -0.2) is 45.2 Å². The summed E-state index contributed by atoms with van der Waals surface area (Å²) in [5.41, 5.74) is 1.01. The van der Waals surface area contributed by atoms with Crippen LogP contribution >= 0.6 is 0 Å². The van der Waals surface area contributed by atoms with E-state index >= 15 is 0 Å². The highest BCUT2D eigenvalue weighted by Gasteiger charge is 2.24. The van der Waals surface area contributed by atoms with Crippen LogP contribution in [0.25, 0.3) is 0 Å². The Labute approximate surface area is 151 Å². The van der Waals surface area contributed by atoms with Crippen molar-refractivity contribution >= 4 is 5.91 Å². The SMILES string of the molecule is COc1cc(CCC(=O)N(C)C2CCC(C)CC2)cc(OC)c1OC. The molecule has 0 aromatic heterocycles. The van der Waals surface area contributed by atoms with Gasteiger partial charge >= 0.3 is 0 Å². The van der Waals surface area contributed by atoms with Crippen LogP contribution < -0.4 is 14.2 Å². The first-order valence-corrected chi connectivity index (χ1v) is 9.04. The third-order valence-corrected chi connectivity index (χ3v) is 5.28. The summed E-state index contributed by atoms with van der Waals surface area (Å²) in [6.07, 6.45) is 5.82. The van der Waals surface area contributed by atoms with Crippen molar-refractivity contribution < 1.29 is 19.0 Å². The lowest BCUT2D eigenvalue weighted by molar-refractivity contribution is -0.132. The molecule has 0 atom stereocenters. The number of nitrogens with zero attached hydrogens (tertiary/aromatic N) is 1. The molecule has 0 heterocycles. The Morgan fingerprint density at radius 2 is 1.60 bits per heavy atom. The van der Waals surface area contributed by atoms with Gasteiger partial charge in [0, 0.05) is 19.5 Å². The molecule has 0 spiro atoms. The van der Waals surface area contributed by atoms with Gasteiger partial charge in [-0.15, -0.1) is 0 Å². The van der Waals surface area contributed by atoms with Gasteiger partial charge in [0.25, 0.3) is 0 Å². The largest absolute Gasteiger partial charge is 0.493 e. The van der Waals surface area contributed by atoms with Crippen LogP contribution in [0.1, 0.15) is 44.6 Å². The van der Waals surface area contributed by atoms with Gasteiger partial charge in [-0.25, -0.2) is 0 Å². The van der Waals surface area contributed by atoms with E-state index in [1.165, 1.54) is 12.8 Å². The Morgan fingerprint density at radius 1 is 1.04 bits per heavy atom. The first kappa shape index (κ1) is 19.4. The van der Waals surface area contributed by atoms with Crippen molar-refractivity contribution in [3.05, 3.63) is 17.7 Å². The van der Waals surface area contributed by atoms with Gasteiger partial charge in [0.15, 0.2) is 11.5 Å². The van der Waals surface area contributed by atoms with E-state index in [1.807, 2.05) is 24.1 Å². The second kappa shape index (κ2) is 8.97. The molecule has 25 heavy (non-hydrogen) atoms. The molecule has 1 aliphatic rings. The number of rotatable bonds is 7. The van der Waals surface area contributed by atoms with Crippen molar-refractivity contribution in [2.45, 2.75) is 51.5 Å². The number of hydrogen-bond acceptors (Lipinski definition) is 4. The first-order chi connectivity index (χ1) is 12.0. The summed E-state index contributed by atoms with van der Waals surface area (Å²) in [5.74, 6) is 2.82. The zero-order valence-electron chi connectivity index (χ0n) is 16.1. The number of benzene rings is 1. The smallest absolute Gasteiger partial charge is 0.222 e. The molecule has 140 valence electrons. The summed E-state index contributed by atoms with van der Waals surface area (Å²) in [4.78, 5) is 14.5. The van der Waals surface area contributed by atoms with E-state index in [0.29, 0.717) is 36.1 Å². The number of amides is 1. The van der Waals surface area contributed by atoms with Crippen molar-refractivity contribution in [1.82, 2.24) is 4.90 Å². The summed E-state index contributed by atoms with van der Waals surface area (Å²) in [6, 6.07) is 4.22. The molecule has 2 rings (SSSR count). The molecule has 1 amide bonds. The van der Waals surface area contributed by atoms with Crippen LogP contribution in [0.15, 0.2) is 12.1 Å². The first-order valence-electron chi connectivity index (χ1n) is 9.04. The number of methoxy groups -OCH3 is 3. The van der Waals surface area contributed by atoms with Crippen LogP contribution in [0.4, 0.5) is 0 Å². The molecular formula is C20H31NO4. The van der Waals surface area contributed by atoms with E-state index in [1.54, 1.807) is 21.3 Å². The maximum atomic E-state index is 12.6. The van der Waals surface area contributed by atoms with Gasteiger partial charge in [-0.2, -0.15) is 0 Å². The molecular weight excluding hydrogens is 318 g/mol. The summed E-state index contributed by atoms with van der Waals surface area (Å²) in [5, 5.41) is 0. The van der Waals surface area contributed by atoms with E-state index in [2.05, 4.69) is 6.92 Å². The Balaban J connectivity index is 1.99. The van der Waals surface area contributed by atoms with Gasteiger partial charge in [0.05, 0.1) is 21.3 Å². The zero-order chi connectivity index (χ0) is 18.4. The Bertz CT molecular complexity index is 554. The van der Waals surface area contributed by atoms with Crippen molar-refractivity contribution in [3.8, 4) is 17.2 Å². The molecule has 0 aliphatic heterocycles. The Morgan fingerprint density at radius 3 is 2.08 bits per heavy atom. The number of carbonyl (C=O) groups excluding carboxylic acids is 1. The van der Waals surface area contributed by atoms with E-state index < -0.39 is 0 Å². The summed E-state index contributed by atoms with van der Waals surface area (Å²) in [7, 11) is 6.73. The molecule has 5 heteroatoms. The molecule has 1 fully saturated rings. The fourth-order valence-corrected chi connectivity index (χ4v) is 3.54. The fourth-order valence-electron chi connectivity index (χ4n) is 3.54. The lowest BCUT2D eigenvalue weighted by atomic mass is 9.86. The topological polar surface area (TPSA) is 48.0 Å². The molecule has 1 saturated carbocycles. The second-order valence-electron chi connectivity index (χ2n) is 6.95. The van der Waals surface area contributed by atoms with E-state index in [4.69, 9.17) is 14.2 Å². The highest BCUT2D eigenvalue weighted by atomic mass is 16.5. The van der Waals surface area contributed by atoms with Crippen molar-refractivity contribution in [2.24, 2.45) is 5.92 Å². The average molecular weight is 349 g/mol. The minimum absolute atomic E-state index is 0.202. The lowest BCUT2D eigenvalue weighted by Gasteiger charge is -2.33. The number of hydrogen-bond donors (Lipinski definition) is 0. The normalized spacial score (nSPS) is 20.0. The molecule has 0 unspecified atom stereocenters. The number of ether oxygens (including phenoxy) is 3. The average Bonchev–Trinajstić information content (AvgIpc) is 2.64. The van der Waals surface area contributed by atoms with Crippen LogP contribution in [0, 0.1) is 5.92 Å². The van der Waals surface area contributed by atoms with Gasteiger partial charge in [-0.3, -0.25) is 4.79 Å². The predicted molar refractivity (Wildman–Crippen MR) is 98.6 cm³/mol. The molecule has 5 nitrogen and oxygen atoms in total. The monoisotopic (exact) mass is 349 g/mol. The third kappa shape index (κ3) is 4.80. The van der Waals surface area contributed by atoms with Crippen LogP contribution in [0.5, 0.6) is 17.2 Å². The maximum Gasteiger partial charge on any atom is 0.222 e. The van der Waals surface area contributed by atoms with Gasteiger partial charge in [0.2, 0.25) is 11.7 Å². The highest BCUT2D eigenvalue weighted by Crippen LogP contribution is 2.38. The van der Waals surface area contributed by atoms with Gasteiger partial charge in [-0.1, -0.05) is 6.92 Å². The maximum absolute atomic E-state index is 12.6. The molecule has 1 aliphatic carbocycles. The van der Waals surface area contributed by atoms with Crippen molar-refractivity contribution in [1.29, 1.82) is 0 Å². The fraction of sp³-hybridized carbons (Fsp3) is 0.650. The van der Waals surface area contributed by atoms with E-state index in [0.717, 1.165) is 24.3 Å². The molecule has 0 N–H and O–H groups in total. The van der Waals surface area contributed by atoms with Crippen LogP contribution in [0.2, 0.25) is 0 Å². The molecule has 0 saturated heterocycles. The molecule has 1 aromatic carbocycles. The Kier molecular flexibility index (Phi) is 6.97. The zero-order valence-corrected chi connectivity index (χ0v) is 16.1. The Hall–Kier alpha value is -1.91. The standard InChI is InChI=1S/C20H31NO4/c1-14-6-9-16(10-7-14)21(2)19(22)11-8-15-12-17(23-3)20(25-5)18(13-15)24-4/h12-14,16H,6-11H2,1-5H3. The van der Waals surface area contributed by atoms with Crippen LogP contribution in [0.3, 0.4) is 0 Å². The molecule has 1 aromatic rings. The summed E-state index contributed by atoms with van der Waals surface area (Å²) < 4.78 is 16.1. The van der Waals surface area contributed by atoms with Gasteiger partial charge in [-0.05, 0) is 55.7 Å². The number of carbonyl (C=O) groups is 1. The van der Waals surface area contributed by atoms with Gasteiger partial charge in [0.1, 0.15) is 0 Å². The summed E-state index contributed by atoms with van der Waals surface area (Å²) >= 11 is 0. The predicted octanol–water partition coefficient (Wildman–Crippen LogP) is 3.68. The molecule has 0 bridgehead atoms. The third-order valence-electron chi connectivity index (χ3n) is 5.28. The number of aryl methyl sites for hydroxylation is 1. The minimum Gasteiger partial charge on any atom is -0.493 e. The van der Waals surface area contributed by atoms with Crippen molar-refractivity contribution in [3.63, 3.8) is 0 Å². The van der Waals surface area contributed by atoms with E-state index in [-0.39, 0.29) is 5.91 Å². The van der Waals surface area contributed by atoms with Crippen molar-refractivity contribution in [2.75, 3.05) is 28.4 Å². The molecule has 0 radical (unpaired) electrons. The van der Waals surface area contributed by atoms with Crippen LogP contribution in [-0.2, 0) is 11.2 Å². The van der Waals surface area contributed by atoms with E-state index in [9.17, 15) is 4.79 Å². The lowest BCUT2D eigenvalue weighted by Crippen LogP contribution is -2.39. The summed E-state index contributed by atoms with van der Waals surface area (Å²) in [6.45, 7) is 2.29. The minimum atomic E-state index is 0.202. The van der Waals surface area contributed by atoms with Gasteiger partial charge < -0.3 is 19.1 Å². The highest BCUT2D eigenvalue weighted by molar-refractivity contribution is 5.76.